The predicted octanol–water partition coefficient (Wildman–Crippen LogP) is 5.12. The summed E-state index contributed by atoms with van der Waals surface area (Å²) in [6, 6.07) is 14.7. The molecule has 2 aliphatic rings. The molecule has 186 valence electrons. The zero-order valence-electron chi connectivity index (χ0n) is 20.8. The van der Waals surface area contributed by atoms with E-state index in [1.54, 1.807) is 0 Å². The fourth-order valence-electron chi connectivity index (χ4n) is 5.28. The van der Waals surface area contributed by atoms with E-state index in [0.717, 1.165) is 86.5 Å². The van der Waals surface area contributed by atoms with Crippen LogP contribution in [-0.4, -0.2) is 58.5 Å². The molecule has 5 rings (SSSR count). The maximum Gasteiger partial charge on any atom is 0.226 e. The van der Waals surface area contributed by atoms with Gasteiger partial charge < -0.3 is 14.6 Å². The van der Waals surface area contributed by atoms with Gasteiger partial charge in [-0.3, -0.25) is 9.69 Å². The molecule has 0 bridgehead atoms. The van der Waals surface area contributed by atoms with E-state index in [4.69, 9.17) is 9.72 Å². The van der Waals surface area contributed by atoms with Crippen molar-refractivity contribution in [3.05, 3.63) is 59.4 Å². The Morgan fingerprint density at radius 3 is 2.60 bits per heavy atom. The van der Waals surface area contributed by atoms with Crippen molar-refractivity contribution in [2.45, 2.75) is 64.3 Å². The van der Waals surface area contributed by atoms with Crippen LogP contribution in [0.4, 0.5) is 0 Å². The molecule has 2 saturated heterocycles. The second kappa shape index (κ2) is 11.7. The van der Waals surface area contributed by atoms with Crippen molar-refractivity contribution in [1.29, 1.82) is 0 Å². The van der Waals surface area contributed by atoms with Gasteiger partial charge in [0, 0.05) is 26.1 Å². The second-order valence-corrected chi connectivity index (χ2v) is 10.1. The Bertz CT molecular complexity index is 1110. The first-order valence-corrected chi connectivity index (χ1v) is 13.4. The number of ether oxygens (including phenoxy) is 1. The Hall–Kier alpha value is -2.86. The topological polar surface area (TPSA) is 61.5 Å². The Morgan fingerprint density at radius 2 is 1.74 bits per heavy atom. The number of H-pyrrole nitrogens is 1. The number of unbranched alkanes of at least 4 members (excludes halogenated alkanes) is 1. The minimum absolute atomic E-state index is 0.231. The van der Waals surface area contributed by atoms with Gasteiger partial charge in [0.15, 0.2) is 0 Å². The van der Waals surface area contributed by atoms with E-state index in [1.807, 2.05) is 11.0 Å². The van der Waals surface area contributed by atoms with Crippen LogP contribution in [0.15, 0.2) is 42.5 Å². The van der Waals surface area contributed by atoms with Crippen LogP contribution in [0.2, 0.25) is 0 Å². The zero-order valence-corrected chi connectivity index (χ0v) is 20.8. The van der Waals surface area contributed by atoms with Crippen molar-refractivity contribution in [3.63, 3.8) is 0 Å². The van der Waals surface area contributed by atoms with Crippen LogP contribution in [0.5, 0.6) is 5.75 Å². The molecule has 1 aromatic heterocycles. The monoisotopic (exact) mass is 474 g/mol. The molecule has 3 heterocycles. The Labute approximate surface area is 208 Å². The fourth-order valence-corrected chi connectivity index (χ4v) is 5.28. The molecular formula is C29H38N4O2. The molecule has 0 atom stereocenters. The molecule has 35 heavy (non-hydrogen) atoms. The molecule has 6 nitrogen and oxygen atoms in total. The summed E-state index contributed by atoms with van der Waals surface area (Å²) in [5, 5.41) is 0. The summed E-state index contributed by atoms with van der Waals surface area (Å²) in [5.74, 6) is 2.21. The van der Waals surface area contributed by atoms with Crippen LogP contribution < -0.4 is 4.74 Å². The molecule has 2 fully saturated rings. The van der Waals surface area contributed by atoms with Crippen molar-refractivity contribution in [3.8, 4) is 5.75 Å². The van der Waals surface area contributed by atoms with Crippen LogP contribution >= 0.6 is 0 Å². The van der Waals surface area contributed by atoms with E-state index in [-0.39, 0.29) is 5.91 Å². The van der Waals surface area contributed by atoms with Gasteiger partial charge in [0.25, 0.3) is 0 Å². The maximum absolute atomic E-state index is 12.5. The van der Waals surface area contributed by atoms with E-state index in [9.17, 15) is 4.79 Å². The highest BCUT2D eigenvalue weighted by atomic mass is 16.5. The molecule has 1 N–H and O–H groups in total. The molecular weight excluding hydrogens is 436 g/mol. The number of nitrogens with one attached hydrogen (secondary N) is 1. The first-order valence-electron chi connectivity index (χ1n) is 13.4. The smallest absolute Gasteiger partial charge is 0.226 e. The lowest BCUT2D eigenvalue weighted by molar-refractivity contribution is -0.129. The summed E-state index contributed by atoms with van der Waals surface area (Å²) >= 11 is 0. The molecule has 6 heteroatoms. The number of carbonyl (C=O) groups excluding carboxylic acids is 1. The number of rotatable bonds is 10. The number of aryl methyl sites for hydroxylation is 1. The summed E-state index contributed by atoms with van der Waals surface area (Å²) in [6.07, 6.45) is 9.64. The van der Waals surface area contributed by atoms with Gasteiger partial charge in [-0.15, -0.1) is 0 Å². The van der Waals surface area contributed by atoms with Crippen LogP contribution in [0.1, 0.15) is 61.9 Å². The minimum Gasteiger partial charge on any atom is -0.494 e. The average Bonchev–Trinajstić information content (AvgIpc) is 3.55. The third-order valence-corrected chi connectivity index (χ3v) is 7.24. The van der Waals surface area contributed by atoms with Gasteiger partial charge in [-0.2, -0.15) is 0 Å². The predicted molar refractivity (Wildman–Crippen MR) is 140 cm³/mol. The lowest BCUT2D eigenvalue weighted by Gasteiger charge is -2.26. The quantitative estimate of drug-likeness (QED) is 0.415. The highest BCUT2D eigenvalue weighted by Gasteiger charge is 2.18. The number of hydrogen-bond donors (Lipinski definition) is 1. The number of piperidine rings is 1. The summed E-state index contributed by atoms with van der Waals surface area (Å²) in [6.45, 7) is 5.98. The van der Waals surface area contributed by atoms with Gasteiger partial charge in [-0.25, -0.2) is 4.98 Å². The molecule has 0 unspecified atom stereocenters. The first kappa shape index (κ1) is 23.9. The van der Waals surface area contributed by atoms with Crippen molar-refractivity contribution in [2.24, 2.45) is 0 Å². The van der Waals surface area contributed by atoms with Crippen molar-refractivity contribution >= 4 is 16.9 Å². The van der Waals surface area contributed by atoms with E-state index >= 15 is 0 Å². The Kier molecular flexibility index (Phi) is 7.99. The summed E-state index contributed by atoms with van der Waals surface area (Å²) in [5.41, 5.74) is 4.38. The number of fused-ring (bicyclic) bond motifs is 1. The van der Waals surface area contributed by atoms with Gasteiger partial charge >= 0.3 is 0 Å². The number of nitrogens with zero attached hydrogens (tertiary/aromatic N) is 3. The van der Waals surface area contributed by atoms with Crippen molar-refractivity contribution in [2.75, 3.05) is 32.8 Å². The normalized spacial score (nSPS) is 16.7. The standard InChI is InChI=1S/C29H38N4O2/c34-29(33-16-5-6-17-33)21-23-12-13-26-27(20-23)31-28(30-26)11-2-7-18-35-25-10-8-9-24(19-25)22-32-14-3-1-4-15-32/h8-10,12-13,19-20H,1-7,11,14-18,21-22H2,(H,30,31). The fraction of sp³-hybridized carbons (Fsp3) is 0.517. The van der Waals surface area contributed by atoms with Crippen molar-refractivity contribution in [1.82, 2.24) is 19.8 Å². The highest BCUT2D eigenvalue weighted by Crippen LogP contribution is 2.19. The molecule has 1 amide bonds. The number of imidazole rings is 1. The lowest BCUT2D eigenvalue weighted by Crippen LogP contribution is -2.29. The number of likely N-dealkylation sites (tertiary alicyclic amines) is 2. The van der Waals surface area contributed by atoms with E-state index in [1.165, 1.54) is 37.9 Å². The van der Waals surface area contributed by atoms with Gasteiger partial charge in [-0.1, -0.05) is 24.6 Å². The highest BCUT2D eigenvalue weighted by molar-refractivity contribution is 5.82. The first-order chi connectivity index (χ1) is 17.2. The minimum atomic E-state index is 0.231. The van der Waals surface area contributed by atoms with Gasteiger partial charge in [-0.05, 0) is 87.0 Å². The molecule has 2 aromatic carbocycles. The molecule has 0 spiro atoms. The van der Waals surface area contributed by atoms with Crippen LogP contribution in [-0.2, 0) is 24.2 Å². The van der Waals surface area contributed by atoms with E-state index in [2.05, 4.69) is 46.3 Å². The maximum atomic E-state index is 12.5. The van der Waals surface area contributed by atoms with Gasteiger partial charge in [0.05, 0.1) is 24.1 Å². The van der Waals surface area contributed by atoms with Crippen LogP contribution in [0, 0.1) is 0 Å². The van der Waals surface area contributed by atoms with Crippen LogP contribution in [0.3, 0.4) is 0 Å². The Balaban J connectivity index is 1.06. The van der Waals surface area contributed by atoms with Crippen LogP contribution in [0.25, 0.3) is 11.0 Å². The van der Waals surface area contributed by atoms with E-state index in [0.29, 0.717) is 6.42 Å². The average molecular weight is 475 g/mol. The van der Waals surface area contributed by atoms with E-state index < -0.39 is 0 Å². The van der Waals surface area contributed by atoms with Gasteiger partial charge in [0.1, 0.15) is 11.6 Å². The summed E-state index contributed by atoms with van der Waals surface area (Å²) in [4.78, 5) is 25.2. The number of benzene rings is 2. The molecule has 0 radical (unpaired) electrons. The second-order valence-electron chi connectivity index (χ2n) is 10.1. The molecule has 0 saturated carbocycles. The third-order valence-electron chi connectivity index (χ3n) is 7.24. The number of amides is 1. The number of aromatic amines is 1. The third kappa shape index (κ3) is 6.63. The SMILES string of the molecule is O=C(Cc1ccc2[nH]c(CCCCOc3cccc(CN4CCCCC4)c3)nc2c1)N1CCCC1. The summed E-state index contributed by atoms with van der Waals surface area (Å²) < 4.78 is 6.04. The molecule has 3 aromatic rings. The molecule has 2 aliphatic heterocycles. The van der Waals surface area contributed by atoms with Gasteiger partial charge in [0.2, 0.25) is 5.91 Å². The van der Waals surface area contributed by atoms with Crippen molar-refractivity contribution < 1.29 is 9.53 Å². The lowest BCUT2D eigenvalue weighted by atomic mass is 10.1. The largest absolute Gasteiger partial charge is 0.494 e. The molecule has 0 aliphatic carbocycles. The summed E-state index contributed by atoms with van der Waals surface area (Å²) in [7, 11) is 0. The number of carbonyl (C=O) groups is 1. The zero-order chi connectivity index (χ0) is 23.9. The number of hydrogen-bond acceptors (Lipinski definition) is 4. The Morgan fingerprint density at radius 1 is 0.914 bits per heavy atom. The number of aromatic nitrogens is 2.